The Bertz CT molecular complexity index is 522. The van der Waals surface area contributed by atoms with Gasteiger partial charge in [-0.2, -0.15) is 5.26 Å². The van der Waals surface area contributed by atoms with Crippen molar-refractivity contribution in [2.75, 3.05) is 5.32 Å². The van der Waals surface area contributed by atoms with Crippen LogP contribution < -0.4 is 5.32 Å². The Morgan fingerprint density at radius 2 is 1.82 bits per heavy atom. The number of hydrogen-bond donors (Lipinski definition) is 1. The molecule has 17 heavy (non-hydrogen) atoms. The van der Waals surface area contributed by atoms with Crippen molar-refractivity contribution < 1.29 is 4.79 Å². The molecule has 88 valence electrons. The molecule has 1 aromatic rings. The van der Waals surface area contributed by atoms with Crippen LogP contribution in [0.25, 0.3) is 0 Å². The molecule has 1 aliphatic carbocycles. The maximum Gasteiger partial charge on any atom is 0.244 e. The summed E-state index contributed by atoms with van der Waals surface area (Å²) in [5.74, 6) is -0.161. The van der Waals surface area contributed by atoms with Crippen molar-refractivity contribution in [3.63, 3.8) is 0 Å². The van der Waals surface area contributed by atoms with E-state index in [1.165, 1.54) is 5.56 Å². The van der Waals surface area contributed by atoms with Gasteiger partial charge in [-0.1, -0.05) is 6.07 Å². The number of hydrogen-bond acceptors (Lipinski definition) is 2. The lowest BCUT2D eigenvalue weighted by molar-refractivity contribution is -0.119. The van der Waals surface area contributed by atoms with Crippen molar-refractivity contribution >= 4 is 11.6 Å². The minimum Gasteiger partial charge on any atom is -0.324 e. The van der Waals surface area contributed by atoms with E-state index in [1.54, 1.807) is 0 Å². The van der Waals surface area contributed by atoms with E-state index in [4.69, 9.17) is 5.26 Å². The van der Waals surface area contributed by atoms with Crippen LogP contribution in [0.15, 0.2) is 12.1 Å². The van der Waals surface area contributed by atoms with Crippen LogP contribution in [-0.4, -0.2) is 5.91 Å². The van der Waals surface area contributed by atoms with E-state index < -0.39 is 5.41 Å². The van der Waals surface area contributed by atoms with Gasteiger partial charge in [0.25, 0.3) is 0 Å². The third kappa shape index (κ3) is 2.03. The van der Waals surface area contributed by atoms with E-state index >= 15 is 0 Å². The van der Waals surface area contributed by atoms with Gasteiger partial charge in [-0.15, -0.1) is 0 Å². The Morgan fingerprint density at radius 3 is 2.35 bits per heavy atom. The van der Waals surface area contributed by atoms with Gasteiger partial charge in [-0.3, -0.25) is 4.79 Å². The standard InChI is InChI=1S/C14H16N2O/c1-9-6-11(3)12(7-10(9)2)16-13(17)14(8-15)4-5-14/h6-7H,4-5H2,1-3H3,(H,16,17). The summed E-state index contributed by atoms with van der Waals surface area (Å²) in [5.41, 5.74) is 3.45. The fourth-order valence-corrected chi connectivity index (χ4v) is 1.85. The van der Waals surface area contributed by atoms with Crippen molar-refractivity contribution in [3.8, 4) is 6.07 Å². The maximum absolute atomic E-state index is 11.9. The zero-order chi connectivity index (χ0) is 12.6. The van der Waals surface area contributed by atoms with Crippen LogP contribution in [0, 0.1) is 37.5 Å². The van der Waals surface area contributed by atoms with E-state index in [0.29, 0.717) is 12.8 Å². The van der Waals surface area contributed by atoms with Crippen molar-refractivity contribution in [3.05, 3.63) is 28.8 Å². The molecular weight excluding hydrogens is 212 g/mol. The summed E-state index contributed by atoms with van der Waals surface area (Å²) in [6, 6.07) is 6.13. The van der Waals surface area contributed by atoms with E-state index in [1.807, 2.05) is 26.8 Å². The maximum atomic E-state index is 11.9. The van der Waals surface area contributed by atoms with Crippen LogP contribution in [0.3, 0.4) is 0 Å². The van der Waals surface area contributed by atoms with Gasteiger partial charge in [0.1, 0.15) is 5.41 Å². The summed E-state index contributed by atoms with van der Waals surface area (Å²) in [5, 5.41) is 11.8. The highest BCUT2D eigenvalue weighted by atomic mass is 16.2. The number of anilines is 1. The molecule has 1 aromatic carbocycles. The first-order chi connectivity index (χ1) is 7.98. The molecule has 0 heterocycles. The molecule has 1 amide bonds. The van der Waals surface area contributed by atoms with Gasteiger partial charge in [0.2, 0.25) is 5.91 Å². The fraction of sp³-hybridized carbons (Fsp3) is 0.429. The van der Waals surface area contributed by atoms with E-state index in [0.717, 1.165) is 16.8 Å². The normalized spacial score (nSPS) is 16.1. The summed E-state index contributed by atoms with van der Waals surface area (Å²) in [4.78, 5) is 11.9. The molecule has 1 saturated carbocycles. The minimum atomic E-state index is -0.759. The average molecular weight is 228 g/mol. The third-order valence-corrected chi connectivity index (χ3v) is 3.49. The van der Waals surface area contributed by atoms with Gasteiger partial charge in [0.05, 0.1) is 6.07 Å². The molecule has 0 atom stereocenters. The second kappa shape index (κ2) is 3.89. The quantitative estimate of drug-likeness (QED) is 0.846. The summed E-state index contributed by atoms with van der Waals surface area (Å²) >= 11 is 0. The average Bonchev–Trinajstić information content (AvgIpc) is 3.06. The first kappa shape index (κ1) is 11.7. The topological polar surface area (TPSA) is 52.9 Å². The molecule has 0 unspecified atom stereocenters. The number of nitrogens with zero attached hydrogens (tertiary/aromatic N) is 1. The molecule has 1 aliphatic rings. The molecule has 1 N–H and O–H groups in total. The molecule has 0 radical (unpaired) electrons. The molecule has 0 spiro atoms. The minimum absolute atomic E-state index is 0.161. The molecule has 0 aliphatic heterocycles. The van der Waals surface area contributed by atoms with Crippen LogP contribution in [0.4, 0.5) is 5.69 Å². The summed E-state index contributed by atoms with van der Waals surface area (Å²) in [6.45, 7) is 6.03. The van der Waals surface area contributed by atoms with Crippen LogP contribution in [0.1, 0.15) is 29.5 Å². The number of rotatable bonds is 2. The first-order valence-corrected chi connectivity index (χ1v) is 5.79. The van der Waals surface area contributed by atoms with Crippen LogP contribution >= 0.6 is 0 Å². The zero-order valence-corrected chi connectivity index (χ0v) is 10.4. The molecular formula is C14H16N2O. The monoisotopic (exact) mass is 228 g/mol. The number of nitrogens with one attached hydrogen (secondary N) is 1. The Hall–Kier alpha value is -1.82. The Balaban J connectivity index is 2.23. The van der Waals surface area contributed by atoms with E-state index in [-0.39, 0.29) is 5.91 Å². The molecule has 3 heteroatoms. The largest absolute Gasteiger partial charge is 0.324 e. The molecule has 0 aromatic heterocycles. The molecule has 1 fully saturated rings. The van der Waals surface area contributed by atoms with Gasteiger partial charge >= 0.3 is 0 Å². The summed E-state index contributed by atoms with van der Waals surface area (Å²) in [6.07, 6.45) is 1.36. The van der Waals surface area contributed by atoms with Crippen LogP contribution in [0.2, 0.25) is 0 Å². The lowest BCUT2D eigenvalue weighted by Crippen LogP contribution is -2.23. The Kier molecular flexibility index (Phi) is 2.66. The SMILES string of the molecule is Cc1cc(C)c(NC(=O)C2(C#N)CC2)cc1C. The second-order valence-electron chi connectivity index (χ2n) is 4.90. The molecule has 0 bridgehead atoms. The third-order valence-electron chi connectivity index (χ3n) is 3.49. The lowest BCUT2D eigenvalue weighted by atomic mass is 10.0. The number of aryl methyl sites for hydroxylation is 3. The predicted molar refractivity (Wildman–Crippen MR) is 66.6 cm³/mol. The number of carbonyl (C=O) groups is 1. The predicted octanol–water partition coefficient (Wildman–Crippen LogP) is 2.85. The van der Waals surface area contributed by atoms with Gasteiger partial charge in [-0.05, 0) is 56.4 Å². The van der Waals surface area contributed by atoms with Gasteiger partial charge in [0, 0.05) is 5.69 Å². The Morgan fingerprint density at radius 1 is 1.24 bits per heavy atom. The van der Waals surface area contributed by atoms with Gasteiger partial charge in [0.15, 0.2) is 0 Å². The highest BCUT2D eigenvalue weighted by Crippen LogP contribution is 2.45. The van der Waals surface area contributed by atoms with E-state index in [2.05, 4.69) is 17.5 Å². The summed E-state index contributed by atoms with van der Waals surface area (Å²) in [7, 11) is 0. The Labute approximate surface area is 101 Å². The van der Waals surface area contributed by atoms with E-state index in [9.17, 15) is 4.79 Å². The number of nitriles is 1. The smallest absolute Gasteiger partial charge is 0.244 e. The fourth-order valence-electron chi connectivity index (χ4n) is 1.85. The van der Waals surface area contributed by atoms with Crippen molar-refractivity contribution in [2.24, 2.45) is 5.41 Å². The van der Waals surface area contributed by atoms with Crippen molar-refractivity contribution in [1.29, 1.82) is 5.26 Å². The van der Waals surface area contributed by atoms with Crippen LogP contribution in [-0.2, 0) is 4.79 Å². The number of benzene rings is 1. The van der Waals surface area contributed by atoms with Crippen molar-refractivity contribution in [1.82, 2.24) is 0 Å². The first-order valence-electron chi connectivity index (χ1n) is 5.79. The summed E-state index contributed by atoms with van der Waals surface area (Å²) < 4.78 is 0. The van der Waals surface area contributed by atoms with Crippen molar-refractivity contribution in [2.45, 2.75) is 33.6 Å². The number of amides is 1. The highest BCUT2D eigenvalue weighted by molar-refractivity contribution is 5.99. The molecule has 3 nitrogen and oxygen atoms in total. The molecule has 0 saturated heterocycles. The second-order valence-corrected chi connectivity index (χ2v) is 4.90. The van der Waals surface area contributed by atoms with Gasteiger partial charge < -0.3 is 5.32 Å². The highest BCUT2D eigenvalue weighted by Gasteiger charge is 2.50. The van der Waals surface area contributed by atoms with Crippen LogP contribution in [0.5, 0.6) is 0 Å². The lowest BCUT2D eigenvalue weighted by Gasteiger charge is -2.13. The number of carbonyl (C=O) groups excluding carboxylic acids is 1. The van der Waals surface area contributed by atoms with Gasteiger partial charge in [-0.25, -0.2) is 0 Å². The molecule has 2 rings (SSSR count). The zero-order valence-electron chi connectivity index (χ0n) is 10.4.